The van der Waals surface area contributed by atoms with E-state index in [1.165, 1.54) is 5.39 Å². The molecule has 0 aliphatic rings. The molecule has 4 heteroatoms. The Morgan fingerprint density at radius 3 is 1.37 bits per heavy atom. The molecule has 0 saturated heterocycles. The average molecular weight is 583 g/mol. The molecule has 0 spiro atoms. The van der Waals surface area contributed by atoms with Crippen LogP contribution in [0, 0.1) is 10.8 Å². The van der Waals surface area contributed by atoms with Crippen molar-refractivity contribution in [3.05, 3.63) is 96.1 Å². The molecular formula is C39H50O4. The number of carbonyl (C=O) groups excluding carboxylic acids is 2. The third-order valence-electron chi connectivity index (χ3n) is 9.01. The van der Waals surface area contributed by atoms with Gasteiger partial charge in [-0.2, -0.15) is 0 Å². The van der Waals surface area contributed by atoms with E-state index in [4.69, 9.17) is 9.47 Å². The maximum absolute atomic E-state index is 12.6. The van der Waals surface area contributed by atoms with Gasteiger partial charge in [0.1, 0.15) is 11.2 Å². The maximum atomic E-state index is 12.6. The monoisotopic (exact) mass is 582 g/mol. The minimum Gasteiger partial charge on any atom is -0.454 e. The Kier molecular flexibility index (Phi) is 10.5. The van der Waals surface area contributed by atoms with Crippen LogP contribution in [0.25, 0.3) is 21.5 Å². The molecule has 43 heavy (non-hydrogen) atoms. The fourth-order valence-corrected chi connectivity index (χ4v) is 4.81. The third kappa shape index (κ3) is 7.65. The van der Waals surface area contributed by atoms with E-state index in [1.807, 2.05) is 105 Å². The predicted octanol–water partition coefficient (Wildman–Crippen LogP) is 10.5. The fourth-order valence-electron chi connectivity index (χ4n) is 4.81. The summed E-state index contributed by atoms with van der Waals surface area (Å²) in [4.78, 5) is 25.0. The van der Waals surface area contributed by atoms with Gasteiger partial charge in [-0.15, -0.1) is 0 Å². The van der Waals surface area contributed by atoms with Gasteiger partial charge in [0.15, 0.2) is 0 Å². The van der Waals surface area contributed by atoms with Gasteiger partial charge in [-0.05, 0) is 89.3 Å². The normalized spacial score (nSPS) is 13.5. The molecule has 0 N–H and O–H groups in total. The molecule has 0 aliphatic carbocycles. The van der Waals surface area contributed by atoms with Crippen molar-refractivity contribution in [2.45, 2.75) is 99.7 Å². The van der Waals surface area contributed by atoms with E-state index in [0.717, 1.165) is 46.5 Å². The van der Waals surface area contributed by atoms with E-state index in [-0.39, 0.29) is 11.9 Å². The number of rotatable bonds is 9. The van der Waals surface area contributed by atoms with Crippen molar-refractivity contribution in [1.82, 2.24) is 0 Å². The average Bonchev–Trinajstić information content (AvgIpc) is 3.00. The summed E-state index contributed by atoms with van der Waals surface area (Å²) >= 11 is 0. The number of hydrogen-bond donors (Lipinski definition) is 0. The lowest BCUT2D eigenvalue weighted by molar-refractivity contribution is -0.171. The minimum absolute atomic E-state index is 0.132. The van der Waals surface area contributed by atoms with Crippen LogP contribution in [0.5, 0.6) is 0 Å². The Hall–Kier alpha value is -3.66. The highest BCUT2D eigenvalue weighted by molar-refractivity contribution is 5.88. The molecule has 1 unspecified atom stereocenters. The second-order valence-electron chi connectivity index (χ2n) is 13.4. The molecule has 0 aliphatic heterocycles. The second kappa shape index (κ2) is 13.3. The van der Waals surface area contributed by atoms with E-state index >= 15 is 0 Å². The van der Waals surface area contributed by atoms with Crippen molar-refractivity contribution in [3.63, 3.8) is 0 Å². The molecule has 0 amide bonds. The molecule has 4 nitrogen and oxygen atoms in total. The Morgan fingerprint density at radius 2 is 0.907 bits per heavy atom. The first-order valence-corrected chi connectivity index (χ1v) is 15.5. The molecule has 0 aromatic heterocycles. The molecule has 4 rings (SSSR count). The molecule has 0 heterocycles. The molecule has 230 valence electrons. The standard InChI is InChI=1S/C20H26O2.C19H24O2/c1-6-19(3,4)18(21)22-20(5,7-2)17-14-10-12-15-11-8-9-13-16(15)17;1-6-18(2,3)17(20)21-19(4,5)16-13-9-11-14-10-7-8-12-15(14)16/h8-14H,6-7H2,1-5H3;7-13H,6H2,1-5H3. The van der Waals surface area contributed by atoms with E-state index in [2.05, 4.69) is 49.4 Å². The van der Waals surface area contributed by atoms with Gasteiger partial charge >= 0.3 is 11.9 Å². The third-order valence-corrected chi connectivity index (χ3v) is 9.01. The zero-order chi connectivity index (χ0) is 32.1. The van der Waals surface area contributed by atoms with Gasteiger partial charge in [-0.3, -0.25) is 9.59 Å². The largest absolute Gasteiger partial charge is 0.454 e. The first-order valence-electron chi connectivity index (χ1n) is 15.5. The summed E-state index contributed by atoms with van der Waals surface area (Å²) in [7, 11) is 0. The number of esters is 2. The van der Waals surface area contributed by atoms with Crippen LogP contribution in [0.3, 0.4) is 0 Å². The topological polar surface area (TPSA) is 52.6 Å². The van der Waals surface area contributed by atoms with Crippen LogP contribution in [-0.2, 0) is 30.3 Å². The second-order valence-corrected chi connectivity index (χ2v) is 13.4. The molecule has 1 atom stereocenters. The SMILES string of the molecule is CCC(C)(C)C(=O)OC(C)(C)c1cccc2ccccc12.CCC(C)(C)C(=O)OC(C)(CC)c1cccc2ccccc12. The van der Waals surface area contributed by atoms with Crippen molar-refractivity contribution < 1.29 is 19.1 Å². The Labute approximate surface area is 258 Å². The van der Waals surface area contributed by atoms with Crippen molar-refractivity contribution in [2.24, 2.45) is 10.8 Å². The molecule has 4 aromatic carbocycles. The van der Waals surface area contributed by atoms with E-state index in [0.29, 0.717) is 0 Å². The van der Waals surface area contributed by atoms with Crippen LogP contribution in [0.1, 0.15) is 99.6 Å². The summed E-state index contributed by atoms with van der Waals surface area (Å²) in [6.07, 6.45) is 2.27. The Bertz CT molecular complexity index is 1550. The van der Waals surface area contributed by atoms with Crippen molar-refractivity contribution in [3.8, 4) is 0 Å². The summed E-state index contributed by atoms with van der Waals surface area (Å²) < 4.78 is 11.8. The van der Waals surface area contributed by atoms with Crippen LogP contribution in [0.15, 0.2) is 84.9 Å². The molecule has 0 saturated carbocycles. The lowest BCUT2D eigenvalue weighted by Gasteiger charge is -2.34. The Morgan fingerprint density at radius 1 is 0.512 bits per heavy atom. The van der Waals surface area contributed by atoms with Crippen molar-refractivity contribution in [2.75, 3.05) is 0 Å². The quantitative estimate of drug-likeness (QED) is 0.184. The van der Waals surface area contributed by atoms with Crippen LogP contribution in [0.4, 0.5) is 0 Å². The number of carbonyl (C=O) groups is 2. The number of fused-ring (bicyclic) bond motifs is 2. The zero-order valence-electron chi connectivity index (χ0n) is 27.8. The molecular weight excluding hydrogens is 532 g/mol. The summed E-state index contributed by atoms with van der Waals surface area (Å²) in [5.74, 6) is -0.282. The van der Waals surface area contributed by atoms with Gasteiger partial charge in [0.05, 0.1) is 10.8 Å². The number of ether oxygens (including phenoxy) is 2. The van der Waals surface area contributed by atoms with Crippen LogP contribution >= 0.6 is 0 Å². The molecule has 0 radical (unpaired) electrons. The summed E-state index contributed by atoms with van der Waals surface area (Å²) in [6.45, 7) is 19.7. The lowest BCUT2D eigenvalue weighted by atomic mass is 9.86. The van der Waals surface area contributed by atoms with Crippen molar-refractivity contribution in [1.29, 1.82) is 0 Å². The van der Waals surface area contributed by atoms with Crippen LogP contribution in [0.2, 0.25) is 0 Å². The summed E-state index contributed by atoms with van der Waals surface area (Å²) in [5, 5.41) is 4.61. The van der Waals surface area contributed by atoms with E-state index in [1.54, 1.807) is 0 Å². The van der Waals surface area contributed by atoms with Gasteiger partial charge in [0.25, 0.3) is 0 Å². The highest BCUT2D eigenvalue weighted by Crippen LogP contribution is 2.37. The zero-order valence-corrected chi connectivity index (χ0v) is 27.8. The summed E-state index contributed by atoms with van der Waals surface area (Å²) in [6, 6.07) is 28.7. The molecule has 0 bridgehead atoms. The lowest BCUT2D eigenvalue weighted by Crippen LogP contribution is -2.35. The highest BCUT2D eigenvalue weighted by Gasteiger charge is 2.37. The fraction of sp³-hybridized carbons (Fsp3) is 0.436. The van der Waals surface area contributed by atoms with Crippen LogP contribution in [-0.4, -0.2) is 11.9 Å². The number of benzene rings is 4. The maximum Gasteiger partial charge on any atom is 0.312 e. The highest BCUT2D eigenvalue weighted by atomic mass is 16.6. The number of hydrogen-bond acceptors (Lipinski definition) is 4. The minimum atomic E-state index is -0.648. The summed E-state index contributed by atoms with van der Waals surface area (Å²) in [5.41, 5.74) is -0.0494. The molecule has 4 aromatic rings. The Balaban J connectivity index is 0.000000236. The van der Waals surface area contributed by atoms with Gasteiger partial charge < -0.3 is 9.47 Å². The van der Waals surface area contributed by atoms with Gasteiger partial charge in [-0.1, -0.05) is 106 Å². The van der Waals surface area contributed by atoms with Gasteiger partial charge in [0.2, 0.25) is 0 Å². The smallest absolute Gasteiger partial charge is 0.312 e. The van der Waals surface area contributed by atoms with Crippen molar-refractivity contribution >= 4 is 33.5 Å². The predicted molar refractivity (Wildman–Crippen MR) is 179 cm³/mol. The first-order chi connectivity index (χ1) is 20.1. The van der Waals surface area contributed by atoms with Crippen LogP contribution < -0.4 is 0 Å². The van der Waals surface area contributed by atoms with Gasteiger partial charge in [0, 0.05) is 11.1 Å². The van der Waals surface area contributed by atoms with E-state index < -0.39 is 22.0 Å². The first kappa shape index (κ1) is 33.8. The van der Waals surface area contributed by atoms with E-state index in [9.17, 15) is 9.59 Å². The van der Waals surface area contributed by atoms with Gasteiger partial charge in [-0.25, -0.2) is 0 Å². The molecule has 0 fully saturated rings.